The summed E-state index contributed by atoms with van der Waals surface area (Å²) >= 11 is 2.10. The van der Waals surface area contributed by atoms with E-state index in [0.717, 1.165) is 19.1 Å². The van der Waals surface area contributed by atoms with Gasteiger partial charge in [0.2, 0.25) is 0 Å². The van der Waals surface area contributed by atoms with Gasteiger partial charge in [-0.1, -0.05) is 20.8 Å². The number of hydrogen-bond donors (Lipinski definition) is 1. The van der Waals surface area contributed by atoms with Gasteiger partial charge in [0.1, 0.15) is 0 Å². The third-order valence-electron chi connectivity index (χ3n) is 3.30. The Morgan fingerprint density at radius 2 is 1.93 bits per heavy atom. The molecule has 0 aromatic carbocycles. The Kier molecular flexibility index (Phi) is 5.44. The molecule has 1 saturated heterocycles. The van der Waals surface area contributed by atoms with Gasteiger partial charge in [-0.3, -0.25) is 0 Å². The topological polar surface area (TPSA) is 29.3 Å². The van der Waals surface area contributed by atoms with Gasteiger partial charge >= 0.3 is 0 Å². The van der Waals surface area contributed by atoms with Crippen LogP contribution in [0.5, 0.6) is 0 Å². The minimum absolute atomic E-state index is 0.264. The number of nitrogens with zero attached hydrogens (tertiary/aromatic N) is 1. The molecule has 0 bridgehead atoms. The molecule has 0 aromatic heterocycles. The summed E-state index contributed by atoms with van der Waals surface area (Å²) in [5.74, 6) is 2.68. The SMILES string of the molecule is CCN(CC(C)(C)CN)C1CCSCC1. The first-order valence-corrected chi connectivity index (χ1v) is 7.26. The molecular formula is C12H26N2S. The van der Waals surface area contributed by atoms with E-state index in [1.165, 1.54) is 30.9 Å². The molecule has 0 radical (unpaired) electrons. The molecule has 1 aliphatic heterocycles. The molecule has 1 aliphatic rings. The molecule has 3 heteroatoms. The predicted molar refractivity (Wildman–Crippen MR) is 70.4 cm³/mol. The maximum atomic E-state index is 5.81. The minimum Gasteiger partial charge on any atom is -0.330 e. The minimum atomic E-state index is 0.264. The number of hydrogen-bond acceptors (Lipinski definition) is 3. The van der Waals surface area contributed by atoms with Crippen molar-refractivity contribution >= 4 is 11.8 Å². The summed E-state index contributed by atoms with van der Waals surface area (Å²) < 4.78 is 0. The first-order valence-electron chi connectivity index (χ1n) is 6.11. The molecule has 15 heavy (non-hydrogen) atoms. The van der Waals surface area contributed by atoms with Crippen LogP contribution in [-0.2, 0) is 0 Å². The molecule has 1 fully saturated rings. The van der Waals surface area contributed by atoms with Crippen LogP contribution in [0.4, 0.5) is 0 Å². The van der Waals surface area contributed by atoms with Crippen LogP contribution < -0.4 is 5.73 Å². The maximum absolute atomic E-state index is 5.81. The Labute approximate surface area is 99.0 Å². The summed E-state index contributed by atoms with van der Waals surface area (Å²) in [5.41, 5.74) is 6.07. The van der Waals surface area contributed by atoms with Gasteiger partial charge in [0, 0.05) is 12.6 Å². The van der Waals surface area contributed by atoms with E-state index < -0.39 is 0 Å². The van der Waals surface area contributed by atoms with Gasteiger partial charge in [0.25, 0.3) is 0 Å². The van der Waals surface area contributed by atoms with Gasteiger partial charge in [-0.2, -0.15) is 11.8 Å². The lowest BCUT2D eigenvalue weighted by Crippen LogP contribution is -2.45. The van der Waals surface area contributed by atoms with Crippen LogP contribution in [0.2, 0.25) is 0 Å². The number of rotatable bonds is 5. The second-order valence-electron chi connectivity index (χ2n) is 5.27. The first kappa shape index (κ1) is 13.3. The Morgan fingerprint density at radius 1 is 1.33 bits per heavy atom. The van der Waals surface area contributed by atoms with E-state index in [4.69, 9.17) is 5.73 Å². The average Bonchev–Trinajstić information content (AvgIpc) is 2.27. The van der Waals surface area contributed by atoms with Gasteiger partial charge < -0.3 is 10.6 Å². The highest BCUT2D eigenvalue weighted by atomic mass is 32.2. The molecule has 0 spiro atoms. The monoisotopic (exact) mass is 230 g/mol. The molecule has 0 saturated carbocycles. The molecule has 0 amide bonds. The van der Waals surface area contributed by atoms with Crippen LogP contribution in [0.15, 0.2) is 0 Å². The van der Waals surface area contributed by atoms with Gasteiger partial charge in [-0.25, -0.2) is 0 Å². The third-order valence-corrected chi connectivity index (χ3v) is 4.35. The van der Waals surface area contributed by atoms with Crippen LogP contribution in [-0.4, -0.2) is 42.1 Å². The Bertz CT molecular complexity index is 176. The van der Waals surface area contributed by atoms with E-state index in [9.17, 15) is 0 Å². The van der Waals surface area contributed by atoms with Crippen LogP contribution >= 0.6 is 11.8 Å². The normalized spacial score (nSPS) is 19.8. The van der Waals surface area contributed by atoms with Crippen LogP contribution in [0.25, 0.3) is 0 Å². The second-order valence-corrected chi connectivity index (χ2v) is 6.50. The zero-order chi connectivity index (χ0) is 11.3. The summed E-state index contributed by atoms with van der Waals surface area (Å²) in [6, 6.07) is 0.807. The van der Waals surface area contributed by atoms with Crippen molar-refractivity contribution in [3.63, 3.8) is 0 Å². The molecule has 2 N–H and O–H groups in total. The Hall–Kier alpha value is 0.270. The van der Waals surface area contributed by atoms with Crippen molar-refractivity contribution in [1.29, 1.82) is 0 Å². The van der Waals surface area contributed by atoms with Gasteiger partial charge in [0.05, 0.1) is 0 Å². The standard InChI is InChI=1S/C12H26N2S/c1-4-14(10-12(2,3)9-13)11-5-7-15-8-6-11/h11H,4-10,13H2,1-3H3. The van der Waals surface area contributed by atoms with Crippen molar-refractivity contribution < 1.29 is 0 Å². The van der Waals surface area contributed by atoms with E-state index in [2.05, 4.69) is 37.4 Å². The zero-order valence-corrected chi connectivity index (χ0v) is 11.3. The van der Waals surface area contributed by atoms with Crippen molar-refractivity contribution in [3.8, 4) is 0 Å². The summed E-state index contributed by atoms with van der Waals surface area (Å²) in [6.45, 7) is 9.91. The molecule has 90 valence electrons. The van der Waals surface area contributed by atoms with Crippen LogP contribution in [0.3, 0.4) is 0 Å². The molecule has 2 nitrogen and oxygen atoms in total. The maximum Gasteiger partial charge on any atom is 0.0111 e. The summed E-state index contributed by atoms with van der Waals surface area (Å²) in [5, 5.41) is 0. The Balaban J connectivity index is 2.46. The summed E-state index contributed by atoms with van der Waals surface area (Å²) in [6.07, 6.45) is 2.72. The van der Waals surface area contributed by atoms with E-state index in [1.54, 1.807) is 0 Å². The highest BCUT2D eigenvalue weighted by molar-refractivity contribution is 7.99. The highest BCUT2D eigenvalue weighted by Crippen LogP contribution is 2.24. The lowest BCUT2D eigenvalue weighted by Gasteiger charge is -2.38. The van der Waals surface area contributed by atoms with Crippen molar-refractivity contribution in [2.45, 2.75) is 39.7 Å². The van der Waals surface area contributed by atoms with Gasteiger partial charge in [0.15, 0.2) is 0 Å². The number of thioether (sulfide) groups is 1. The molecule has 0 unspecified atom stereocenters. The van der Waals surface area contributed by atoms with Gasteiger partial charge in [-0.15, -0.1) is 0 Å². The van der Waals surface area contributed by atoms with E-state index in [1.807, 2.05) is 0 Å². The van der Waals surface area contributed by atoms with E-state index in [-0.39, 0.29) is 5.41 Å². The summed E-state index contributed by atoms with van der Waals surface area (Å²) in [4.78, 5) is 2.63. The average molecular weight is 230 g/mol. The second kappa shape index (κ2) is 6.12. The molecule has 1 heterocycles. The molecular weight excluding hydrogens is 204 g/mol. The van der Waals surface area contributed by atoms with Crippen molar-refractivity contribution in [1.82, 2.24) is 4.90 Å². The predicted octanol–water partition coefficient (Wildman–Crippen LogP) is 2.19. The largest absolute Gasteiger partial charge is 0.330 e. The quantitative estimate of drug-likeness (QED) is 0.785. The van der Waals surface area contributed by atoms with E-state index in [0.29, 0.717) is 0 Å². The third kappa shape index (κ3) is 4.33. The fourth-order valence-electron chi connectivity index (χ4n) is 2.16. The van der Waals surface area contributed by atoms with Gasteiger partial charge in [-0.05, 0) is 42.9 Å². The van der Waals surface area contributed by atoms with Crippen molar-refractivity contribution in [2.24, 2.45) is 11.1 Å². The zero-order valence-electron chi connectivity index (χ0n) is 10.5. The van der Waals surface area contributed by atoms with Crippen molar-refractivity contribution in [3.05, 3.63) is 0 Å². The lowest BCUT2D eigenvalue weighted by molar-refractivity contribution is 0.132. The molecule has 0 aliphatic carbocycles. The molecule has 1 rings (SSSR count). The smallest absolute Gasteiger partial charge is 0.0111 e. The number of nitrogens with two attached hydrogens (primary N) is 1. The lowest BCUT2D eigenvalue weighted by atomic mass is 9.92. The molecule has 0 aromatic rings. The van der Waals surface area contributed by atoms with E-state index >= 15 is 0 Å². The summed E-state index contributed by atoms with van der Waals surface area (Å²) in [7, 11) is 0. The first-order chi connectivity index (χ1) is 7.09. The fraction of sp³-hybridized carbons (Fsp3) is 1.00. The highest BCUT2D eigenvalue weighted by Gasteiger charge is 2.25. The van der Waals surface area contributed by atoms with Crippen LogP contribution in [0.1, 0.15) is 33.6 Å². The van der Waals surface area contributed by atoms with Crippen LogP contribution in [0, 0.1) is 5.41 Å². The Morgan fingerprint density at radius 3 is 2.40 bits per heavy atom. The van der Waals surface area contributed by atoms with Crippen molar-refractivity contribution in [2.75, 3.05) is 31.1 Å². The molecule has 0 atom stereocenters. The fourth-order valence-corrected chi connectivity index (χ4v) is 3.25.